The van der Waals surface area contributed by atoms with E-state index < -0.39 is 5.82 Å². The summed E-state index contributed by atoms with van der Waals surface area (Å²) in [6, 6.07) is 17.6. The van der Waals surface area contributed by atoms with E-state index in [0.717, 1.165) is 10.9 Å². The van der Waals surface area contributed by atoms with E-state index in [1.807, 2.05) is 30.3 Å². The quantitative estimate of drug-likeness (QED) is 0.669. The molecule has 0 fully saturated rings. The molecule has 0 saturated heterocycles. The Morgan fingerprint density at radius 3 is 2.50 bits per heavy atom. The number of ether oxygens (including phenoxy) is 1. The van der Waals surface area contributed by atoms with E-state index in [1.165, 1.54) is 6.07 Å². The normalized spacial score (nSPS) is 10.5. The first kappa shape index (κ1) is 10.7. The predicted molar refractivity (Wildman–Crippen MR) is 68.2 cm³/mol. The van der Waals surface area contributed by atoms with Crippen LogP contribution in [0.3, 0.4) is 0 Å². The van der Waals surface area contributed by atoms with Crippen LogP contribution in [-0.2, 0) is 0 Å². The molecule has 2 aromatic carbocycles. The molecular weight excluding hydrogens is 229 g/mol. The van der Waals surface area contributed by atoms with E-state index in [2.05, 4.69) is 4.98 Å². The summed E-state index contributed by atoms with van der Waals surface area (Å²) in [4.78, 5) is 4.32. The van der Waals surface area contributed by atoms with E-state index in [-0.39, 0.29) is 5.75 Å². The van der Waals surface area contributed by atoms with Crippen molar-refractivity contribution in [2.45, 2.75) is 0 Å². The zero-order valence-corrected chi connectivity index (χ0v) is 9.51. The van der Waals surface area contributed by atoms with Gasteiger partial charge < -0.3 is 4.74 Å². The zero-order chi connectivity index (χ0) is 12.4. The molecule has 3 aromatic rings. The van der Waals surface area contributed by atoms with Crippen molar-refractivity contribution in [1.29, 1.82) is 0 Å². The summed E-state index contributed by atoms with van der Waals surface area (Å²) in [5.74, 6) is 0.173. The third-order valence-electron chi connectivity index (χ3n) is 2.62. The molecule has 0 aliphatic rings. The molecule has 0 atom stereocenters. The van der Waals surface area contributed by atoms with Gasteiger partial charge in [0.2, 0.25) is 5.88 Å². The van der Waals surface area contributed by atoms with Crippen molar-refractivity contribution in [2.24, 2.45) is 0 Å². The second kappa shape index (κ2) is 4.45. The number of pyridine rings is 1. The highest BCUT2D eigenvalue weighted by Crippen LogP contribution is 2.24. The van der Waals surface area contributed by atoms with Crippen LogP contribution in [-0.4, -0.2) is 4.98 Å². The summed E-state index contributed by atoms with van der Waals surface area (Å²) in [6.07, 6.45) is 0. The molecule has 3 heteroatoms. The maximum atomic E-state index is 13.4. The van der Waals surface area contributed by atoms with Crippen LogP contribution >= 0.6 is 0 Å². The molecule has 0 aliphatic carbocycles. The minimum absolute atomic E-state index is 0.181. The first-order valence-corrected chi connectivity index (χ1v) is 5.61. The number of hydrogen-bond acceptors (Lipinski definition) is 2. The SMILES string of the molecule is Fc1ccccc1Oc1ccc2ccccc2n1. The lowest BCUT2D eigenvalue weighted by atomic mass is 10.2. The standard InChI is InChI=1S/C15H10FNO/c16-12-6-2-4-8-14(12)18-15-10-9-11-5-1-3-7-13(11)17-15/h1-10H. The van der Waals surface area contributed by atoms with Gasteiger partial charge in [-0.2, -0.15) is 0 Å². The first-order valence-electron chi connectivity index (χ1n) is 5.61. The molecule has 88 valence electrons. The van der Waals surface area contributed by atoms with Gasteiger partial charge in [-0.3, -0.25) is 0 Å². The Morgan fingerprint density at radius 1 is 0.833 bits per heavy atom. The van der Waals surface area contributed by atoms with Crippen molar-refractivity contribution >= 4 is 10.9 Å². The molecule has 0 N–H and O–H groups in total. The highest BCUT2D eigenvalue weighted by molar-refractivity contribution is 5.78. The topological polar surface area (TPSA) is 22.1 Å². The molecule has 1 heterocycles. The first-order chi connectivity index (χ1) is 8.83. The number of para-hydroxylation sites is 2. The van der Waals surface area contributed by atoms with Crippen LogP contribution in [0.15, 0.2) is 60.7 Å². The van der Waals surface area contributed by atoms with Crippen molar-refractivity contribution in [2.75, 3.05) is 0 Å². The summed E-state index contributed by atoms with van der Waals surface area (Å²) in [5.41, 5.74) is 0.825. The number of benzene rings is 2. The molecule has 18 heavy (non-hydrogen) atoms. The molecule has 0 radical (unpaired) electrons. The lowest BCUT2D eigenvalue weighted by Crippen LogP contribution is -1.90. The van der Waals surface area contributed by atoms with Gasteiger partial charge in [0.05, 0.1) is 5.52 Å². The number of hydrogen-bond donors (Lipinski definition) is 0. The number of rotatable bonds is 2. The highest BCUT2D eigenvalue weighted by atomic mass is 19.1. The van der Waals surface area contributed by atoms with Crippen LogP contribution in [0.2, 0.25) is 0 Å². The summed E-state index contributed by atoms with van der Waals surface area (Å²) >= 11 is 0. The predicted octanol–water partition coefficient (Wildman–Crippen LogP) is 4.17. The third-order valence-corrected chi connectivity index (χ3v) is 2.62. The van der Waals surface area contributed by atoms with Gasteiger partial charge >= 0.3 is 0 Å². The van der Waals surface area contributed by atoms with Crippen LogP contribution in [0.25, 0.3) is 10.9 Å². The van der Waals surface area contributed by atoms with Gasteiger partial charge in [0.15, 0.2) is 11.6 Å². The maximum absolute atomic E-state index is 13.4. The lowest BCUT2D eigenvalue weighted by molar-refractivity contribution is 0.429. The van der Waals surface area contributed by atoms with Gasteiger partial charge in [-0.1, -0.05) is 30.3 Å². The molecule has 0 bridgehead atoms. The smallest absolute Gasteiger partial charge is 0.219 e. The molecule has 0 unspecified atom stereocenters. The van der Waals surface area contributed by atoms with Crippen LogP contribution in [0.5, 0.6) is 11.6 Å². The van der Waals surface area contributed by atoms with Crippen molar-refractivity contribution in [3.05, 3.63) is 66.5 Å². The molecule has 2 nitrogen and oxygen atoms in total. The summed E-state index contributed by atoms with van der Waals surface area (Å²) in [6.45, 7) is 0. The van der Waals surface area contributed by atoms with Gasteiger partial charge in [-0.15, -0.1) is 0 Å². The van der Waals surface area contributed by atoms with Gasteiger partial charge in [0.1, 0.15) is 0 Å². The molecule has 1 aromatic heterocycles. The van der Waals surface area contributed by atoms with E-state index in [1.54, 1.807) is 24.3 Å². The minimum Gasteiger partial charge on any atom is -0.436 e. The molecule has 0 amide bonds. The fraction of sp³-hybridized carbons (Fsp3) is 0. The summed E-state index contributed by atoms with van der Waals surface area (Å²) in [5, 5.41) is 1.03. The van der Waals surface area contributed by atoms with Gasteiger partial charge in [0.25, 0.3) is 0 Å². The summed E-state index contributed by atoms with van der Waals surface area (Å²) in [7, 11) is 0. The van der Waals surface area contributed by atoms with E-state index in [9.17, 15) is 4.39 Å². The van der Waals surface area contributed by atoms with Crippen molar-refractivity contribution in [1.82, 2.24) is 4.98 Å². The lowest BCUT2D eigenvalue weighted by Gasteiger charge is -2.06. The molecular formula is C15H10FNO. The Bertz CT molecular complexity index is 697. The number of aromatic nitrogens is 1. The van der Waals surface area contributed by atoms with Crippen molar-refractivity contribution in [3.63, 3.8) is 0 Å². The Balaban J connectivity index is 1.98. The Kier molecular flexibility index (Phi) is 2.65. The van der Waals surface area contributed by atoms with E-state index in [4.69, 9.17) is 4.74 Å². The Labute approximate surface area is 104 Å². The second-order valence-corrected chi connectivity index (χ2v) is 3.87. The fourth-order valence-electron chi connectivity index (χ4n) is 1.74. The van der Waals surface area contributed by atoms with Crippen LogP contribution in [0.1, 0.15) is 0 Å². The van der Waals surface area contributed by atoms with E-state index >= 15 is 0 Å². The Morgan fingerprint density at radius 2 is 1.61 bits per heavy atom. The van der Waals surface area contributed by atoms with Crippen molar-refractivity contribution < 1.29 is 9.13 Å². The van der Waals surface area contributed by atoms with E-state index in [0.29, 0.717) is 5.88 Å². The molecule has 0 spiro atoms. The number of fused-ring (bicyclic) bond motifs is 1. The number of halogens is 1. The summed E-state index contributed by atoms with van der Waals surface area (Å²) < 4.78 is 18.9. The van der Waals surface area contributed by atoms with Crippen LogP contribution < -0.4 is 4.74 Å². The minimum atomic E-state index is -0.396. The molecule has 0 saturated carbocycles. The maximum Gasteiger partial charge on any atom is 0.219 e. The monoisotopic (exact) mass is 239 g/mol. The van der Waals surface area contributed by atoms with Crippen molar-refractivity contribution in [3.8, 4) is 11.6 Å². The average Bonchev–Trinajstić information content (AvgIpc) is 2.41. The fourth-order valence-corrected chi connectivity index (χ4v) is 1.74. The van der Waals surface area contributed by atoms with Gasteiger partial charge in [0, 0.05) is 11.5 Å². The molecule has 0 aliphatic heterocycles. The largest absolute Gasteiger partial charge is 0.436 e. The Hall–Kier alpha value is -2.42. The molecule has 3 rings (SSSR count). The number of nitrogens with zero attached hydrogens (tertiary/aromatic N) is 1. The van der Waals surface area contributed by atoms with Gasteiger partial charge in [-0.05, 0) is 24.3 Å². The zero-order valence-electron chi connectivity index (χ0n) is 9.51. The van der Waals surface area contributed by atoms with Crippen LogP contribution in [0.4, 0.5) is 4.39 Å². The van der Waals surface area contributed by atoms with Crippen LogP contribution in [0, 0.1) is 5.82 Å². The van der Waals surface area contributed by atoms with Gasteiger partial charge in [-0.25, -0.2) is 9.37 Å². The average molecular weight is 239 g/mol. The third kappa shape index (κ3) is 2.02. The second-order valence-electron chi connectivity index (χ2n) is 3.87. The highest BCUT2D eigenvalue weighted by Gasteiger charge is 2.04.